The minimum Gasteiger partial charge on any atom is -0.480 e. The summed E-state index contributed by atoms with van der Waals surface area (Å²) < 4.78 is 0. The molecular formula is C15H18N2O4. The molecular weight excluding hydrogens is 272 g/mol. The number of rotatable bonds is 7. The molecule has 1 aliphatic carbocycles. The predicted molar refractivity (Wildman–Crippen MR) is 75.3 cm³/mol. The molecule has 0 saturated heterocycles. The van der Waals surface area contributed by atoms with Gasteiger partial charge in [0.15, 0.2) is 0 Å². The molecule has 112 valence electrons. The highest BCUT2D eigenvalue weighted by Crippen LogP contribution is 2.47. The van der Waals surface area contributed by atoms with Gasteiger partial charge in [-0.25, -0.2) is 4.79 Å². The van der Waals surface area contributed by atoms with Crippen molar-refractivity contribution in [1.82, 2.24) is 5.32 Å². The lowest BCUT2D eigenvalue weighted by Gasteiger charge is -2.13. The fourth-order valence-electron chi connectivity index (χ4n) is 2.38. The molecule has 2 amide bonds. The van der Waals surface area contributed by atoms with Gasteiger partial charge < -0.3 is 16.2 Å². The third-order valence-electron chi connectivity index (χ3n) is 3.65. The van der Waals surface area contributed by atoms with Crippen LogP contribution in [0.3, 0.4) is 0 Å². The van der Waals surface area contributed by atoms with Gasteiger partial charge in [0.25, 0.3) is 0 Å². The number of carbonyl (C=O) groups excluding carboxylic acids is 2. The third kappa shape index (κ3) is 4.05. The molecule has 6 nitrogen and oxygen atoms in total. The van der Waals surface area contributed by atoms with Crippen LogP contribution >= 0.6 is 0 Å². The molecule has 1 saturated carbocycles. The van der Waals surface area contributed by atoms with E-state index in [9.17, 15) is 14.4 Å². The summed E-state index contributed by atoms with van der Waals surface area (Å²) >= 11 is 0. The zero-order valence-corrected chi connectivity index (χ0v) is 11.5. The highest BCUT2D eigenvalue weighted by Gasteiger charge is 2.44. The van der Waals surface area contributed by atoms with Crippen LogP contribution < -0.4 is 11.1 Å². The Hall–Kier alpha value is -2.37. The van der Waals surface area contributed by atoms with Crippen LogP contribution in [0.2, 0.25) is 0 Å². The molecule has 1 aromatic carbocycles. The molecule has 3 atom stereocenters. The van der Waals surface area contributed by atoms with Crippen molar-refractivity contribution in [3.05, 3.63) is 35.9 Å². The second-order valence-corrected chi connectivity index (χ2v) is 5.26. The summed E-state index contributed by atoms with van der Waals surface area (Å²) in [5.74, 6) is -2.05. The summed E-state index contributed by atoms with van der Waals surface area (Å²) in [6.07, 6.45) is 0.668. The first-order valence-electron chi connectivity index (χ1n) is 6.85. The lowest BCUT2D eigenvalue weighted by Crippen LogP contribution is -2.42. The first-order valence-corrected chi connectivity index (χ1v) is 6.85. The van der Waals surface area contributed by atoms with Gasteiger partial charge in [-0.15, -0.1) is 0 Å². The van der Waals surface area contributed by atoms with E-state index >= 15 is 0 Å². The van der Waals surface area contributed by atoms with Gasteiger partial charge in [0, 0.05) is 12.3 Å². The van der Waals surface area contributed by atoms with E-state index < -0.39 is 17.9 Å². The number of benzene rings is 1. The monoisotopic (exact) mass is 290 g/mol. The predicted octanol–water partition coefficient (Wildman–Crippen LogP) is 0.625. The molecule has 2 rings (SSSR count). The van der Waals surface area contributed by atoms with Gasteiger partial charge >= 0.3 is 5.97 Å². The molecule has 21 heavy (non-hydrogen) atoms. The van der Waals surface area contributed by atoms with Crippen LogP contribution in [0.4, 0.5) is 0 Å². The quantitative estimate of drug-likeness (QED) is 0.684. The highest BCUT2D eigenvalue weighted by atomic mass is 16.4. The molecule has 4 N–H and O–H groups in total. The zero-order chi connectivity index (χ0) is 15.4. The van der Waals surface area contributed by atoms with Crippen molar-refractivity contribution in [3.8, 4) is 0 Å². The lowest BCUT2D eigenvalue weighted by atomic mass is 10.1. The number of hydrogen-bond acceptors (Lipinski definition) is 3. The van der Waals surface area contributed by atoms with E-state index in [4.69, 9.17) is 10.8 Å². The van der Waals surface area contributed by atoms with Crippen molar-refractivity contribution >= 4 is 17.8 Å². The summed E-state index contributed by atoms with van der Waals surface area (Å²) in [6.45, 7) is 0. The Morgan fingerprint density at radius 3 is 2.52 bits per heavy atom. The molecule has 0 spiro atoms. The van der Waals surface area contributed by atoms with Crippen molar-refractivity contribution in [3.63, 3.8) is 0 Å². The summed E-state index contributed by atoms with van der Waals surface area (Å²) in [5.41, 5.74) is 6.08. The number of carboxylic acids is 1. The van der Waals surface area contributed by atoms with Gasteiger partial charge in [0.05, 0.1) is 0 Å². The Labute approximate surface area is 122 Å². The van der Waals surface area contributed by atoms with Crippen molar-refractivity contribution in [2.45, 2.75) is 31.2 Å². The fraction of sp³-hybridized carbons (Fsp3) is 0.400. The van der Waals surface area contributed by atoms with Crippen molar-refractivity contribution < 1.29 is 19.5 Å². The van der Waals surface area contributed by atoms with Crippen LogP contribution in [0.1, 0.15) is 30.7 Å². The Morgan fingerprint density at radius 1 is 1.29 bits per heavy atom. The maximum Gasteiger partial charge on any atom is 0.326 e. The van der Waals surface area contributed by atoms with Crippen molar-refractivity contribution in [2.75, 3.05) is 0 Å². The normalized spacial score (nSPS) is 21.3. The van der Waals surface area contributed by atoms with E-state index in [1.807, 2.05) is 30.3 Å². The Bertz CT molecular complexity index is 544. The average molecular weight is 290 g/mol. The van der Waals surface area contributed by atoms with E-state index in [0.717, 1.165) is 12.0 Å². The van der Waals surface area contributed by atoms with Crippen molar-refractivity contribution in [2.24, 2.45) is 11.7 Å². The van der Waals surface area contributed by atoms with Crippen molar-refractivity contribution in [1.29, 1.82) is 0 Å². The molecule has 0 bridgehead atoms. The standard InChI is InChI=1S/C15H18N2O4/c16-13(18)7-6-12(15(20)21)17-14(19)11-8-10(11)9-4-2-1-3-5-9/h1-5,10-12H,6-8H2,(H2,16,18)(H,17,19)(H,20,21)/t10?,11?,12-/m0/s1. The highest BCUT2D eigenvalue weighted by molar-refractivity contribution is 5.88. The van der Waals surface area contributed by atoms with E-state index in [1.54, 1.807) is 0 Å². The van der Waals surface area contributed by atoms with Gasteiger partial charge in [-0.05, 0) is 24.3 Å². The number of carbonyl (C=O) groups is 3. The molecule has 0 heterocycles. The van der Waals surface area contributed by atoms with Gasteiger partial charge in [-0.3, -0.25) is 9.59 Å². The summed E-state index contributed by atoms with van der Waals surface area (Å²) in [6, 6.07) is 8.58. The second-order valence-electron chi connectivity index (χ2n) is 5.26. The number of aliphatic carboxylic acids is 1. The molecule has 2 unspecified atom stereocenters. The van der Waals surface area contributed by atoms with E-state index in [2.05, 4.69) is 5.32 Å². The van der Waals surface area contributed by atoms with Gasteiger partial charge in [-0.1, -0.05) is 30.3 Å². The Morgan fingerprint density at radius 2 is 1.95 bits per heavy atom. The van der Waals surface area contributed by atoms with Crippen LogP contribution in [0, 0.1) is 5.92 Å². The molecule has 1 aromatic rings. The van der Waals surface area contributed by atoms with E-state index in [1.165, 1.54) is 0 Å². The molecule has 0 radical (unpaired) electrons. The Balaban J connectivity index is 1.89. The summed E-state index contributed by atoms with van der Waals surface area (Å²) in [4.78, 5) is 33.8. The van der Waals surface area contributed by atoms with E-state index in [-0.39, 0.29) is 30.6 Å². The summed E-state index contributed by atoms with van der Waals surface area (Å²) in [5, 5.41) is 11.5. The SMILES string of the molecule is NC(=O)CC[C@H](NC(=O)C1CC1c1ccccc1)C(=O)O. The molecule has 0 aromatic heterocycles. The number of amides is 2. The third-order valence-corrected chi connectivity index (χ3v) is 3.65. The smallest absolute Gasteiger partial charge is 0.326 e. The number of nitrogens with two attached hydrogens (primary N) is 1. The minimum absolute atomic E-state index is 0.0130. The molecule has 1 aliphatic rings. The second kappa shape index (κ2) is 6.39. The van der Waals surface area contributed by atoms with Crippen LogP contribution in [0.5, 0.6) is 0 Å². The van der Waals surface area contributed by atoms with Crippen LogP contribution in [-0.2, 0) is 14.4 Å². The van der Waals surface area contributed by atoms with Crippen LogP contribution in [-0.4, -0.2) is 28.9 Å². The average Bonchev–Trinajstić information content (AvgIpc) is 3.24. The Kier molecular flexibility index (Phi) is 4.57. The van der Waals surface area contributed by atoms with Gasteiger partial charge in [-0.2, -0.15) is 0 Å². The minimum atomic E-state index is -1.15. The first-order chi connectivity index (χ1) is 9.99. The first kappa shape index (κ1) is 15.0. The zero-order valence-electron chi connectivity index (χ0n) is 11.5. The lowest BCUT2D eigenvalue weighted by molar-refractivity contribution is -0.142. The molecule has 1 fully saturated rings. The number of primary amides is 1. The number of carboxylic acid groups (broad SMARTS) is 1. The maximum absolute atomic E-state index is 12.1. The summed E-state index contributed by atoms with van der Waals surface area (Å²) in [7, 11) is 0. The topological polar surface area (TPSA) is 109 Å². The molecule has 6 heteroatoms. The van der Waals surface area contributed by atoms with Gasteiger partial charge in [0.1, 0.15) is 6.04 Å². The maximum atomic E-state index is 12.1. The van der Waals surface area contributed by atoms with Crippen LogP contribution in [0.15, 0.2) is 30.3 Å². The van der Waals surface area contributed by atoms with Gasteiger partial charge in [0.2, 0.25) is 11.8 Å². The van der Waals surface area contributed by atoms with E-state index in [0.29, 0.717) is 0 Å². The largest absolute Gasteiger partial charge is 0.480 e. The number of nitrogens with one attached hydrogen (secondary N) is 1. The fourth-order valence-corrected chi connectivity index (χ4v) is 2.38. The molecule has 0 aliphatic heterocycles. The van der Waals surface area contributed by atoms with Crippen LogP contribution in [0.25, 0.3) is 0 Å². The number of hydrogen-bond donors (Lipinski definition) is 3.